The lowest BCUT2D eigenvalue weighted by molar-refractivity contribution is -0.116. The molecule has 104 valence electrons. The van der Waals surface area contributed by atoms with Crippen molar-refractivity contribution in [2.45, 2.75) is 32.6 Å². The number of fused-ring (bicyclic) bond motifs is 1. The molecule has 0 atom stereocenters. The zero-order valence-electron chi connectivity index (χ0n) is 12.3. The number of nitrogens with zero attached hydrogens (tertiary/aromatic N) is 2. The Labute approximate surface area is 116 Å². The van der Waals surface area contributed by atoms with Gasteiger partial charge in [0.15, 0.2) is 0 Å². The maximum atomic E-state index is 11.6. The van der Waals surface area contributed by atoms with Gasteiger partial charge in [0.2, 0.25) is 5.91 Å². The van der Waals surface area contributed by atoms with Gasteiger partial charge in [0.05, 0.1) is 0 Å². The van der Waals surface area contributed by atoms with Gasteiger partial charge in [0, 0.05) is 19.2 Å². The highest BCUT2D eigenvalue weighted by Gasteiger charge is 2.19. The second-order valence-corrected chi connectivity index (χ2v) is 5.64. The fraction of sp³-hybridized carbons (Fsp3) is 0.562. The minimum atomic E-state index is 0.154. The van der Waals surface area contributed by atoms with E-state index in [1.807, 2.05) is 4.90 Å². The Bertz CT molecular complexity index is 454. The minimum Gasteiger partial charge on any atom is -0.312 e. The summed E-state index contributed by atoms with van der Waals surface area (Å²) < 4.78 is 0. The number of anilines is 1. The highest BCUT2D eigenvalue weighted by atomic mass is 16.2. The van der Waals surface area contributed by atoms with Gasteiger partial charge in [-0.25, -0.2) is 0 Å². The second kappa shape index (κ2) is 6.20. The third-order valence-electron chi connectivity index (χ3n) is 3.71. The number of benzene rings is 1. The molecular formula is C16H24N2O. The lowest BCUT2D eigenvalue weighted by Gasteiger charge is -2.29. The maximum Gasteiger partial charge on any atom is 0.223 e. The number of carbonyl (C=O) groups is 1. The summed E-state index contributed by atoms with van der Waals surface area (Å²) in [4.78, 5) is 15.7. The van der Waals surface area contributed by atoms with Crippen LogP contribution in [0.2, 0.25) is 0 Å². The molecule has 3 heteroatoms. The normalized spacial score (nSPS) is 14.6. The molecule has 1 heterocycles. The molecule has 0 aliphatic carbocycles. The lowest BCUT2D eigenvalue weighted by Crippen LogP contribution is -2.33. The molecule has 0 N–H and O–H groups in total. The van der Waals surface area contributed by atoms with E-state index in [1.54, 1.807) is 6.92 Å². The Morgan fingerprint density at radius 1 is 1.37 bits per heavy atom. The first-order valence-corrected chi connectivity index (χ1v) is 7.12. The third kappa shape index (κ3) is 3.57. The van der Waals surface area contributed by atoms with Gasteiger partial charge in [-0.1, -0.05) is 12.1 Å². The Kier molecular flexibility index (Phi) is 4.59. The molecule has 1 aromatic carbocycles. The SMILES string of the molecule is CC(=O)N1CCCc2cc(CCCN(C)C)ccc21. The summed E-state index contributed by atoms with van der Waals surface area (Å²) in [7, 11) is 4.22. The topological polar surface area (TPSA) is 23.6 Å². The average Bonchev–Trinajstić information content (AvgIpc) is 2.37. The Morgan fingerprint density at radius 3 is 2.84 bits per heavy atom. The molecule has 0 aromatic heterocycles. The molecule has 1 aromatic rings. The van der Waals surface area contributed by atoms with Crippen LogP contribution >= 0.6 is 0 Å². The molecule has 19 heavy (non-hydrogen) atoms. The van der Waals surface area contributed by atoms with Crippen molar-refractivity contribution in [1.29, 1.82) is 0 Å². The quantitative estimate of drug-likeness (QED) is 0.830. The predicted octanol–water partition coefficient (Wildman–Crippen LogP) is 2.48. The van der Waals surface area contributed by atoms with Crippen molar-refractivity contribution in [2.24, 2.45) is 0 Å². The second-order valence-electron chi connectivity index (χ2n) is 5.64. The van der Waals surface area contributed by atoms with Gasteiger partial charge in [-0.3, -0.25) is 4.79 Å². The monoisotopic (exact) mass is 260 g/mol. The van der Waals surface area contributed by atoms with E-state index in [0.29, 0.717) is 0 Å². The van der Waals surface area contributed by atoms with Crippen LogP contribution in [0.25, 0.3) is 0 Å². The van der Waals surface area contributed by atoms with Gasteiger partial charge in [0.1, 0.15) is 0 Å². The summed E-state index contributed by atoms with van der Waals surface area (Å²) in [6.45, 7) is 3.64. The Hall–Kier alpha value is -1.35. The van der Waals surface area contributed by atoms with Gasteiger partial charge in [-0.15, -0.1) is 0 Å². The largest absolute Gasteiger partial charge is 0.312 e. The first kappa shape index (κ1) is 14.1. The zero-order valence-corrected chi connectivity index (χ0v) is 12.3. The van der Waals surface area contributed by atoms with Gasteiger partial charge < -0.3 is 9.80 Å². The summed E-state index contributed by atoms with van der Waals surface area (Å²) in [6, 6.07) is 6.59. The fourth-order valence-corrected chi connectivity index (χ4v) is 2.73. The summed E-state index contributed by atoms with van der Waals surface area (Å²) in [5, 5.41) is 0. The van der Waals surface area contributed by atoms with E-state index in [4.69, 9.17) is 0 Å². The zero-order chi connectivity index (χ0) is 13.8. The van der Waals surface area contributed by atoms with Crippen LogP contribution in [0.4, 0.5) is 5.69 Å². The number of aryl methyl sites for hydroxylation is 2. The van der Waals surface area contributed by atoms with Crippen LogP contribution in [0, 0.1) is 0 Å². The van der Waals surface area contributed by atoms with Crippen LogP contribution in [-0.4, -0.2) is 38.0 Å². The molecule has 0 fully saturated rings. The van der Waals surface area contributed by atoms with E-state index in [-0.39, 0.29) is 5.91 Å². The molecule has 2 rings (SSSR count). The highest BCUT2D eigenvalue weighted by molar-refractivity contribution is 5.92. The highest BCUT2D eigenvalue weighted by Crippen LogP contribution is 2.28. The van der Waals surface area contributed by atoms with Gasteiger partial charge in [-0.05, 0) is 63.5 Å². The van der Waals surface area contributed by atoms with Crippen molar-refractivity contribution in [3.05, 3.63) is 29.3 Å². The van der Waals surface area contributed by atoms with E-state index in [1.165, 1.54) is 17.5 Å². The van der Waals surface area contributed by atoms with Crippen molar-refractivity contribution in [3.8, 4) is 0 Å². The summed E-state index contributed by atoms with van der Waals surface area (Å²) in [5.74, 6) is 0.154. The first-order valence-electron chi connectivity index (χ1n) is 7.12. The van der Waals surface area contributed by atoms with Gasteiger partial charge >= 0.3 is 0 Å². The summed E-state index contributed by atoms with van der Waals surface area (Å²) in [6.07, 6.45) is 4.47. The Balaban J connectivity index is 2.08. The number of rotatable bonds is 4. The maximum absolute atomic E-state index is 11.6. The molecule has 3 nitrogen and oxygen atoms in total. The fourth-order valence-electron chi connectivity index (χ4n) is 2.73. The van der Waals surface area contributed by atoms with Gasteiger partial charge in [-0.2, -0.15) is 0 Å². The molecule has 1 aliphatic heterocycles. The smallest absolute Gasteiger partial charge is 0.223 e. The molecule has 0 unspecified atom stereocenters. The van der Waals surface area contributed by atoms with Crippen LogP contribution in [0.1, 0.15) is 30.9 Å². The molecule has 1 amide bonds. The standard InChI is InChI=1S/C16H24N2O/c1-13(19)18-11-5-7-15-12-14(8-9-16(15)18)6-4-10-17(2)3/h8-9,12H,4-7,10-11H2,1-3H3. The predicted molar refractivity (Wildman–Crippen MR) is 79.7 cm³/mol. The van der Waals surface area contributed by atoms with Crippen molar-refractivity contribution in [3.63, 3.8) is 0 Å². The van der Waals surface area contributed by atoms with Crippen LogP contribution in [0.3, 0.4) is 0 Å². The van der Waals surface area contributed by atoms with Crippen LogP contribution in [0.15, 0.2) is 18.2 Å². The van der Waals surface area contributed by atoms with E-state index in [0.717, 1.165) is 38.0 Å². The number of amides is 1. The molecule has 1 aliphatic rings. The van der Waals surface area contributed by atoms with E-state index in [9.17, 15) is 4.79 Å². The lowest BCUT2D eigenvalue weighted by atomic mass is 9.97. The van der Waals surface area contributed by atoms with Crippen LogP contribution in [-0.2, 0) is 17.6 Å². The minimum absolute atomic E-state index is 0.154. The number of hydrogen-bond acceptors (Lipinski definition) is 2. The number of carbonyl (C=O) groups excluding carboxylic acids is 1. The third-order valence-corrected chi connectivity index (χ3v) is 3.71. The molecule has 0 bridgehead atoms. The van der Waals surface area contributed by atoms with E-state index >= 15 is 0 Å². The van der Waals surface area contributed by atoms with Crippen molar-refractivity contribution in [1.82, 2.24) is 4.90 Å². The average molecular weight is 260 g/mol. The van der Waals surface area contributed by atoms with E-state index in [2.05, 4.69) is 37.2 Å². The van der Waals surface area contributed by atoms with Crippen LogP contribution < -0.4 is 4.90 Å². The summed E-state index contributed by atoms with van der Waals surface area (Å²) in [5.41, 5.74) is 3.85. The van der Waals surface area contributed by atoms with E-state index < -0.39 is 0 Å². The molecule has 0 radical (unpaired) electrons. The summed E-state index contributed by atoms with van der Waals surface area (Å²) >= 11 is 0. The van der Waals surface area contributed by atoms with Crippen LogP contribution in [0.5, 0.6) is 0 Å². The molecular weight excluding hydrogens is 236 g/mol. The van der Waals surface area contributed by atoms with Crippen molar-refractivity contribution >= 4 is 11.6 Å². The van der Waals surface area contributed by atoms with Gasteiger partial charge in [0.25, 0.3) is 0 Å². The molecule has 0 spiro atoms. The molecule has 0 saturated heterocycles. The van der Waals surface area contributed by atoms with Crippen molar-refractivity contribution in [2.75, 3.05) is 32.1 Å². The first-order chi connectivity index (χ1) is 9.08. The number of hydrogen-bond donors (Lipinski definition) is 0. The molecule has 0 saturated carbocycles. The Morgan fingerprint density at radius 2 is 2.16 bits per heavy atom. The van der Waals surface area contributed by atoms with Crippen molar-refractivity contribution < 1.29 is 4.79 Å².